The zero-order valence-electron chi connectivity index (χ0n) is 16.2. The Balaban J connectivity index is 1.48. The largest absolute Gasteiger partial charge is 0.333 e. The van der Waals surface area contributed by atoms with Crippen LogP contribution in [0.2, 0.25) is 0 Å². The molecule has 28 heavy (non-hydrogen) atoms. The summed E-state index contributed by atoms with van der Waals surface area (Å²) in [5.74, 6) is 0.858. The average molecular weight is 372 g/mol. The van der Waals surface area contributed by atoms with Crippen LogP contribution < -0.4 is 5.32 Å². The third kappa shape index (κ3) is 3.88. The van der Waals surface area contributed by atoms with E-state index in [4.69, 9.17) is 0 Å². The molecule has 5 nitrogen and oxygen atoms in total. The number of amides is 1. The van der Waals surface area contributed by atoms with Gasteiger partial charge in [-0.15, -0.1) is 0 Å². The van der Waals surface area contributed by atoms with Crippen LogP contribution in [0.5, 0.6) is 0 Å². The highest BCUT2D eigenvalue weighted by Gasteiger charge is 2.22. The van der Waals surface area contributed by atoms with Gasteiger partial charge in [0.1, 0.15) is 5.69 Å². The van der Waals surface area contributed by atoms with E-state index >= 15 is 0 Å². The van der Waals surface area contributed by atoms with Crippen molar-refractivity contribution in [2.24, 2.45) is 0 Å². The first-order valence-corrected chi connectivity index (χ1v) is 9.66. The number of nitrogens with zero attached hydrogens (tertiary/aromatic N) is 3. The lowest BCUT2D eigenvalue weighted by Gasteiger charge is -2.28. The van der Waals surface area contributed by atoms with E-state index in [0.717, 1.165) is 12.1 Å². The Kier molecular flexibility index (Phi) is 5.06. The van der Waals surface area contributed by atoms with E-state index in [0.29, 0.717) is 30.6 Å². The highest BCUT2D eigenvalue weighted by molar-refractivity contribution is 5.92. The molecule has 2 aromatic carbocycles. The van der Waals surface area contributed by atoms with Crippen molar-refractivity contribution in [1.29, 1.82) is 0 Å². The van der Waals surface area contributed by atoms with Crippen molar-refractivity contribution < 1.29 is 4.79 Å². The molecule has 1 N–H and O–H groups in total. The number of fused-ring (bicyclic) bond motifs is 1. The van der Waals surface area contributed by atoms with E-state index < -0.39 is 0 Å². The zero-order chi connectivity index (χ0) is 19.5. The van der Waals surface area contributed by atoms with Gasteiger partial charge in [-0.25, -0.2) is 9.97 Å². The van der Waals surface area contributed by atoms with E-state index in [2.05, 4.69) is 53.4 Å². The summed E-state index contributed by atoms with van der Waals surface area (Å²) in [4.78, 5) is 23.5. The molecule has 0 aliphatic carbocycles. The molecule has 142 valence electrons. The van der Waals surface area contributed by atoms with E-state index in [1.807, 2.05) is 29.2 Å². The molecule has 0 bridgehead atoms. The van der Waals surface area contributed by atoms with Crippen LogP contribution in [0.1, 0.15) is 46.9 Å². The topological polar surface area (TPSA) is 58.1 Å². The number of anilines is 2. The lowest BCUT2D eigenvalue weighted by molar-refractivity contribution is 0.0728. The third-order valence-electron chi connectivity index (χ3n) is 5.13. The van der Waals surface area contributed by atoms with Crippen LogP contribution in [0.25, 0.3) is 0 Å². The summed E-state index contributed by atoms with van der Waals surface area (Å²) < 4.78 is 0. The lowest BCUT2D eigenvalue weighted by Crippen LogP contribution is -2.36. The molecule has 4 rings (SSSR count). The van der Waals surface area contributed by atoms with E-state index in [9.17, 15) is 4.79 Å². The molecule has 0 saturated carbocycles. The highest BCUT2D eigenvalue weighted by atomic mass is 16.2. The van der Waals surface area contributed by atoms with Crippen molar-refractivity contribution in [2.45, 2.75) is 32.7 Å². The molecule has 0 radical (unpaired) electrons. The third-order valence-corrected chi connectivity index (χ3v) is 5.13. The van der Waals surface area contributed by atoms with Crippen LogP contribution in [0.4, 0.5) is 11.6 Å². The van der Waals surface area contributed by atoms with Crippen LogP contribution in [-0.2, 0) is 13.0 Å². The lowest BCUT2D eigenvalue weighted by atomic mass is 10.00. The van der Waals surface area contributed by atoms with Crippen molar-refractivity contribution in [3.63, 3.8) is 0 Å². The van der Waals surface area contributed by atoms with Gasteiger partial charge in [0, 0.05) is 25.0 Å². The maximum atomic E-state index is 12.9. The predicted molar refractivity (Wildman–Crippen MR) is 111 cm³/mol. The van der Waals surface area contributed by atoms with Crippen molar-refractivity contribution >= 4 is 17.5 Å². The fraction of sp³-hybridized carbons (Fsp3) is 0.261. The first kappa shape index (κ1) is 18.2. The number of hydrogen-bond donors (Lipinski definition) is 1. The second-order valence-corrected chi connectivity index (χ2v) is 7.41. The molecular weight excluding hydrogens is 348 g/mol. The van der Waals surface area contributed by atoms with Crippen LogP contribution in [0.15, 0.2) is 60.8 Å². The number of benzene rings is 2. The Morgan fingerprint density at radius 3 is 2.54 bits per heavy atom. The molecule has 3 aromatic rings. The average Bonchev–Trinajstić information content (AvgIpc) is 2.73. The number of aromatic nitrogens is 2. The molecule has 1 aromatic heterocycles. The van der Waals surface area contributed by atoms with E-state index in [1.54, 1.807) is 12.3 Å². The molecule has 1 amide bonds. The molecular formula is C23H24N4O. The Bertz CT molecular complexity index is 982. The summed E-state index contributed by atoms with van der Waals surface area (Å²) in [5, 5.41) is 3.19. The Morgan fingerprint density at radius 2 is 1.79 bits per heavy atom. The van der Waals surface area contributed by atoms with Gasteiger partial charge >= 0.3 is 0 Å². The van der Waals surface area contributed by atoms with E-state index in [1.165, 1.54) is 16.7 Å². The highest BCUT2D eigenvalue weighted by Crippen LogP contribution is 2.21. The second kappa shape index (κ2) is 7.80. The maximum Gasteiger partial charge on any atom is 0.272 e. The Hall–Kier alpha value is -3.21. The van der Waals surface area contributed by atoms with Gasteiger partial charge in [-0.1, -0.05) is 50.2 Å². The first-order valence-electron chi connectivity index (χ1n) is 9.66. The molecule has 0 fully saturated rings. The van der Waals surface area contributed by atoms with Crippen LogP contribution in [0.3, 0.4) is 0 Å². The normalized spacial score (nSPS) is 13.3. The summed E-state index contributed by atoms with van der Waals surface area (Å²) in [5.41, 5.74) is 5.12. The summed E-state index contributed by atoms with van der Waals surface area (Å²) in [6.45, 7) is 5.66. The molecule has 0 saturated heterocycles. The number of hydrogen-bond acceptors (Lipinski definition) is 4. The minimum absolute atomic E-state index is 0.0601. The van der Waals surface area contributed by atoms with Crippen LogP contribution >= 0.6 is 0 Å². The van der Waals surface area contributed by atoms with Crippen molar-refractivity contribution in [3.8, 4) is 0 Å². The number of nitrogens with one attached hydrogen (secondary N) is 1. The van der Waals surface area contributed by atoms with Crippen LogP contribution in [-0.4, -0.2) is 27.3 Å². The smallest absolute Gasteiger partial charge is 0.272 e. The van der Waals surface area contributed by atoms with Gasteiger partial charge in [0.2, 0.25) is 5.95 Å². The SMILES string of the molecule is CC(C)c1ccc(Nc2nccc(C(=O)N3CCc4ccccc4C3)n2)cc1. The maximum absolute atomic E-state index is 12.9. The molecule has 0 atom stereocenters. The van der Waals surface area contributed by atoms with Gasteiger partial charge in [0.25, 0.3) is 5.91 Å². The minimum Gasteiger partial charge on any atom is -0.333 e. The monoisotopic (exact) mass is 372 g/mol. The Labute approximate surface area is 165 Å². The van der Waals surface area contributed by atoms with Crippen molar-refractivity contribution in [3.05, 3.63) is 83.2 Å². The number of carbonyl (C=O) groups excluding carboxylic acids is 1. The zero-order valence-corrected chi connectivity index (χ0v) is 16.2. The molecule has 1 aliphatic heterocycles. The summed E-state index contributed by atoms with van der Waals surface area (Å²) in [6, 6.07) is 18.2. The van der Waals surface area contributed by atoms with Gasteiger partial charge in [-0.05, 0) is 47.2 Å². The number of carbonyl (C=O) groups is 1. The minimum atomic E-state index is -0.0601. The summed E-state index contributed by atoms with van der Waals surface area (Å²) in [7, 11) is 0. The van der Waals surface area contributed by atoms with Gasteiger partial charge in [0.15, 0.2) is 0 Å². The van der Waals surface area contributed by atoms with Crippen LogP contribution in [0, 0.1) is 0 Å². The molecule has 5 heteroatoms. The molecule has 0 spiro atoms. The molecule has 2 heterocycles. The van der Waals surface area contributed by atoms with Gasteiger partial charge < -0.3 is 10.2 Å². The second-order valence-electron chi connectivity index (χ2n) is 7.41. The molecule has 1 aliphatic rings. The van der Waals surface area contributed by atoms with Gasteiger partial charge in [-0.3, -0.25) is 4.79 Å². The Morgan fingerprint density at radius 1 is 1.04 bits per heavy atom. The fourth-order valence-corrected chi connectivity index (χ4v) is 3.45. The fourth-order valence-electron chi connectivity index (χ4n) is 3.45. The van der Waals surface area contributed by atoms with Crippen molar-refractivity contribution in [1.82, 2.24) is 14.9 Å². The van der Waals surface area contributed by atoms with E-state index in [-0.39, 0.29) is 5.91 Å². The number of rotatable bonds is 4. The summed E-state index contributed by atoms with van der Waals surface area (Å²) in [6.07, 6.45) is 2.50. The molecule has 0 unspecified atom stereocenters. The first-order chi connectivity index (χ1) is 13.6. The quantitative estimate of drug-likeness (QED) is 0.730. The standard InChI is InChI=1S/C23H24N4O/c1-16(2)17-7-9-20(10-8-17)25-23-24-13-11-21(26-23)22(28)27-14-12-18-5-3-4-6-19(18)15-27/h3-11,13,16H,12,14-15H2,1-2H3,(H,24,25,26). The van der Waals surface area contributed by atoms with Gasteiger partial charge in [0.05, 0.1) is 0 Å². The van der Waals surface area contributed by atoms with Gasteiger partial charge in [-0.2, -0.15) is 0 Å². The van der Waals surface area contributed by atoms with Crippen molar-refractivity contribution in [2.75, 3.05) is 11.9 Å². The summed E-state index contributed by atoms with van der Waals surface area (Å²) >= 11 is 0. The predicted octanol–water partition coefficient (Wildman–Crippen LogP) is 4.54.